The second-order valence-corrected chi connectivity index (χ2v) is 14.1. The average Bonchev–Trinajstić information content (AvgIpc) is 3.92. The Hall–Kier alpha value is -6.96. The summed E-state index contributed by atoms with van der Waals surface area (Å²) in [5.41, 5.74) is 9.91. The van der Waals surface area contributed by atoms with Gasteiger partial charge < -0.3 is 4.42 Å². The molecule has 0 amide bonds. The summed E-state index contributed by atoms with van der Waals surface area (Å²) < 4.78 is 9.63. The van der Waals surface area contributed by atoms with Crippen LogP contribution in [0.4, 0.5) is 0 Å². The third kappa shape index (κ3) is 4.93. The van der Waals surface area contributed by atoms with Gasteiger partial charge in [-0.05, 0) is 53.6 Å². The van der Waals surface area contributed by atoms with Gasteiger partial charge in [0, 0.05) is 38.2 Å². The lowest BCUT2D eigenvalue weighted by Gasteiger charge is -2.09. The first-order valence-electron chi connectivity index (χ1n) is 17.5. The summed E-state index contributed by atoms with van der Waals surface area (Å²) in [6.45, 7) is 0. The van der Waals surface area contributed by atoms with Crippen LogP contribution in [-0.4, -0.2) is 24.5 Å². The molecule has 6 nitrogen and oxygen atoms in total. The van der Waals surface area contributed by atoms with E-state index in [0.29, 0.717) is 17.5 Å². The Bertz CT molecular complexity index is 3120. The van der Waals surface area contributed by atoms with E-state index in [1.807, 2.05) is 54.6 Å². The van der Waals surface area contributed by atoms with E-state index in [1.165, 1.54) is 10.8 Å². The van der Waals surface area contributed by atoms with Crippen LogP contribution in [0.25, 0.3) is 104 Å². The molecule has 0 radical (unpaired) electrons. The zero-order chi connectivity index (χ0) is 34.9. The van der Waals surface area contributed by atoms with E-state index in [2.05, 4.69) is 114 Å². The van der Waals surface area contributed by atoms with Crippen molar-refractivity contribution >= 4 is 65.3 Å². The SMILES string of the molecule is c1ccc(-c2nc(-c3ccc(-c4ccc5nc(-n6c7ccccc7c7ccccc76)sc5c4)cc3)nc(-c3ccc4c(c3)oc3ccccc34)n2)cc1. The maximum atomic E-state index is 6.20. The van der Waals surface area contributed by atoms with E-state index in [4.69, 9.17) is 24.4 Å². The molecule has 4 aromatic heterocycles. The van der Waals surface area contributed by atoms with Crippen LogP contribution in [0.5, 0.6) is 0 Å². The highest BCUT2D eigenvalue weighted by Gasteiger charge is 2.17. The van der Waals surface area contributed by atoms with Crippen LogP contribution in [0.3, 0.4) is 0 Å². The molecule has 248 valence electrons. The number of hydrogen-bond donors (Lipinski definition) is 0. The first-order chi connectivity index (χ1) is 26.2. The van der Waals surface area contributed by atoms with E-state index >= 15 is 0 Å². The van der Waals surface area contributed by atoms with Crippen molar-refractivity contribution < 1.29 is 4.42 Å². The van der Waals surface area contributed by atoms with E-state index in [-0.39, 0.29) is 0 Å². The number of thiazole rings is 1. The van der Waals surface area contributed by atoms with Crippen LogP contribution >= 0.6 is 11.3 Å². The Labute approximate surface area is 307 Å². The van der Waals surface area contributed by atoms with Crippen LogP contribution in [0.2, 0.25) is 0 Å². The van der Waals surface area contributed by atoms with Gasteiger partial charge in [-0.3, -0.25) is 4.57 Å². The quantitative estimate of drug-likeness (QED) is 0.179. The van der Waals surface area contributed by atoms with Crippen LogP contribution in [0.15, 0.2) is 168 Å². The second kappa shape index (κ2) is 11.8. The Morgan fingerprint density at radius 2 is 0.943 bits per heavy atom. The van der Waals surface area contributed by atoms with Gasteiger partial charge in [-0.15, -0.1) is 0 Å². The second-order valence-electron chi connectivity index (χ2n) is 13.1. The summed E-state index contributed by atoms with van der Waals surface area (Å²) >= 11 is 1.71. The number of hydrogen-bond acceptors (Lipinski definition) is 6. The molecule has 4 heterocycles. The molecule has 0 spiro atoms. The molecule has 0 unspecified atom stereocenters. The van der Waals surface area contributed by atoms with Gasteiger partial charge in [0.1, 0.15) is 11.2 Å². The smallest absolute Gasteiger partial charge is 0.195 e. The highest BCUT2D eigenvalue weighted by Crippen LogP contribution is 2.37. The maximum absolute atomic E-state index is 6.20. The van der Waals surface area contributed by atoms with Gasteiger partial charge >= 0.3 is 0 Å². The molecule has 0 aliphatic heterocycles. The van der Waals surface area contributed by atoms with Crippen molar-refractivity contribution in [3.05, 3.63) is 164 Å². The monoisotopic (exact) mass is 697 g/mol. The normalized spacial score (nSPS) is 11.8. The first kappa shape index (κ1) is 29.7. The summed E-state index contributed by atoms with van der Waals surface area (Å²) in [5.74, 6) is 1.82. The molecule has 7 aromatic carbocycles. The summed E-state index contributed by atoms with van der Waals surface area (Å²) in [4.78, 5) is 20.0. The molecule has 0 saturated heterocycles. The number of nitrogens with zero attached hydrogens (tertiary/aromatic N) is 5. The fourth-order valence-electron chi connectivity index (χ4n) is 7.34. The minimum atomic E-state index is 0.593. The lowest BCUT2D eigenvalue weighted by atomic mass is 10.0. The lowest BCUT2D eigenvalue weighted by Crippen LogP contribution is -2.00. The van der Waals surface area contributed by atoms with Crippen LogP contribution < -0.4 is 0 Å². The molecule has 0 saturated carbocycles. The van der Waals surface area contributed by atoms with Gasteiger partial charge in [0.2, 0.25) is 0 Å². The third-order valence-electron chi connectivity index (χ3n) is 9.93. The molecule has 0 atom stereocenters. The van der Waals surface area contributed by atoms with Crippen molar-refractivity contribution in [2.45, 2.75) is 0 Å². The predicted molar refractivity (Wildman–Crippen MR) is 216 cm³/mol. The van der Waals surface area contributed by atoms with Gasteiger partial charge in [0.05, 0.1) is 21.3 Å². The standard InChI is InChI=1S/C46H27N5OS/c1-2-10-29(11-3-1)43-48-44(50-45(49-43)32-22-24-36-35-14-6-9-17-40(35)52-41(36)26-32)30-20-18-28(19-21-30)31-23-25-37-42(27-31)53-46(47-37)51-38-15-7-4-12-33(38)34-13-5-8-16-39(34)51/h1-27H. The molecule has 7 heteroatoms. The first-order valence-corrected chi connectivity index (χ1v) is 18.3. The molecule has 53 heavy (non-hydrogen) atoms. The lowest BCUT2D eigenvalue weighted by molar-refractivity contribution is 0.669. The summed E-state index contributed by atoms with van der Waals surface area (Å²) in [5, 5.41) is 5.59. The number of aromatic nitrogens is 5. The number of para-hydroxylation sites is 3. The van der Waals surface area contributed by atoms with E-state index in [1.54, 1.807) is 11.3 Å². The number of furan rings is 1. The van der Waals surface area contributed by atoms with Gasteiger partial charge in [-0.25, -0.2) is 19.9 Å². The van der Waals surface area contributed by atoms with Crippen molar-refractivity contribution in [2.24, 2.45) is 0 Å². The molecular formula is C46H27N5OS. The fraction of sp³-hybridized carbons (Fsp3) is 0. The van der Waals surface area contributed by atoms with E-state index < -0.39 is 0 Å². The predicted octanol–water partition coefficient (Wildman–Crippen LogP) is 12.1. The third-order valence-corrected chi connectivity index (χ3v) is 10.9. The molecule has 0 aliphatic carbocycles. The van der Waals surface area contributed by atoms with Crippen LogP contribution in [0, 0.1) is 0 Å². The highest BCUT2D eigenvalue weighted by atomic mass is 32.1. The van der Waals surface area contributed by atoms with Gasteiger partial charge in [-0.2, -0.15) is 0 Å². The van der Waals surface area contributed by atoms with Gasteiger partial charge in [0.25, 0.3) is 0 Å². The Balaban J connectivity index is 0.968. The highest BCUT2D eigenvalue weighted by molar-refractivity contribution is 7.20. The molecule has 0 bridgehead atoms. The average molecular weight is 698 g/mol. The van der Waals surface area contributed by atoms with Crippen molar-refractivity contribution in [2.75, 3.05) is 0 Å². The van der Waals surface area contributed by atoms with Crippen molar-refractivity contribution in [1.82, 2.24) is 24.5 Å². The molecule has 0 N–H and O–H groups in total. The number of rotatable bonds is 5. The van der Waals surface area contributed by atoms with Crippen LogP contribution in [-0.2, 0) is 0 Å². The topological polar surface area (TPSA) is 69.6 Å². The van der Waals surface area contributed by atoms with Gasteiger partial charge in [-0.1, -0.05) is 133 Å². The zero-order valence-corrected chi connectivity index (χ0v) is 29.0. The molecule has 0 aliphatic rings. The Morgan fingerprint density at radius 1 is 0.396 bits per heavy atom. The summed E-state index contributed by atoms with van der Waals surface area (Å²) in [6, 6.07) is 56.4. The van der Waals surface area contributed by atoms with Gasteiger partial charge in [0.15, 0.2) is 22.6 Å². The Kier molecular flexibility index (Phi) is 6.62. The zero-order valence-electron chi connectivity index (χ0n) is 28.1. The number of fused-ring (bicyclic) bond motifs is 7. The van der Waals surface area contributed by atoms with Crippen molar-refractivity contribution in [1.29, 1.82) is 0 Å². The summed E-state index contributed by atoms with van der Waals surface area (Å²) in [6.07, 6.45) is 0. The van der Waals surface area contributed by atoms with E-state index in [9.17, 15) is 0 Å². The summed E-state index contributed by atoms with van der Waals surface area (Å²) in [7, 11) is 0. The Morgan fingerprint density at radius 3 is 1.68 bits per heavy atom. The van der Waals surface area contributed by atoms with Crippen LogP contribution in [0.1, 0.15) is 0 Å². The van der Waals surface area contributed by atoms with E-state index in [0.717, 1.165) is 76.1 Å². The van der Waals surface area contributed by atoms with Crippen molar-refractivity contribution in [3.63, 3.8) is 0 Å². The van der Waals surface area contributed by atoms with Crippen molar-refractivity contribution in [3.8, 4) is 50.4 Å². The molecular weight excluding hydrogens is 671 g/mol. The maximum Gasteiger partial charge on any atom is 0.195 e. The largest absolute Gasteiger partial charge is 0.456 e. The fourth-order valence-corrected chi connectivity index (χ4v) is 8.38. The minimum absolute atomic E-state index is 0.593. The molecule has 0 fully saturated rings. The molecule has 11 aromatic rings. The minimum Gasteiger partial charge on any atom is -0.456 e. The number of benzene rings is 7. The molecule has 11 rings (SSSR count).